The van der Waals surface area contributed by atoms with E-state index in [0.717, 1.165) is 22.4 Å². The molecule has 1 aromatic carbocycles. The SMILES string of the molecule is CC[C@@H]1C[C@H](C(F)(F)F)n2nc([C@H]3CCN(CC(=O)Nc4ccccc4C)C3)cc2N1. The zero-order valence-corrected chi connectivity index (χ0v) is 17.7. The van der Waals surface area contributed by atoms with Crippen LogP contribution in [-0.4, -0.2) is 52.4 Å². The van der Waals surface area contributed by atoms with Gasteiger partial charge in [0.1, 0.15) is 5.82 Å². The molecular formula is C22H28F3N5O. The smallest absolute Gasteiger partial charge is 0.367 e. The highest BCUT2D eigenvalue weighted by Gasteiger charge is 2.46. The molecule has 1 amide bonds. The van der Waals surface area contributed by atoms with Crippen molar-refractivity contribution in [2.24, 2.45) is 0 Å². The van der Waals surface area contributed by atoms with Crippen LogP contribution in [0.3, 0.4) is 0 Å². The Kier molecular flexibility index (Phi) is 5.96. The summed E-state index contributed by atoms with van der Waals surface area (Å²) in [5.41, 5.74) is 2.45. The second kappa shape index (κ2) is 8.53. The summed E-state index contributed by atoms with van der Waals surface area (Å²) in [6.45, 7) is 5.38. The number of nitrogens with zero attached hydrogens (tertiary/aromatic N) is 3. The summed E-state index contributed by atoms with van der Waals surface area (Å²) in [6.07, 6.45) is -2.95. The normalized spacial score (nSPS) is 24.0. The zero-order valence-electron chi connectivity index (χ0n) is 17.7. The average molecular weight is 435 g/mol. The fraction of sp³-hybridized carbons (Fsp3) is 0.545. The van der Waals surface area contributed by atoms with Gasteiger partial charge in [-0.25, -0.2) is 4.68 Å². The van der Waals surface area contributed by atoms with Gasteiger partial charge in [-0.2, -0.15) is 18.3 Å². The average Bonchev–Trinajstić information content (AvgIpc) is 3.34. The first-order chi connectivity index (χ1) is 14.7. The highest BCUT2D eigenvalue weighted by Crippen LogP contribution is 2.41. The number of aryl methyl sites for hydroxylation is 1. The number of amides is 1. The molecule has 2 aromatic rings. The van der Waals surface area contributed by atoms with Crippen LogP contribution in [0.15, 0.2) is 30.3 Å². The van der Waals surface area contributed by atoms with E-state index in [1.54, 1.807) is 6.07 Å². The predicted octanol–water partition coefficient (Wildman–Crippen LogP) is 4.32. The second-order valence-electron chi connectivity index (χ2n) is 8.53. The molecule has 4 rings (SSSR count). The number of fused-ring (bicyclic) bond motifs is 1. The van der Waals surface area contributed by atoms with Crippen molar-refractivity contribution < 1.29 is 18.0 Å². The maximum absolute atomic E-state index is 13.6. The number of halogens is 3. The van der Waals surface area contributed by atoms with E-state index in [1.807, 2.05) is 43.0 Å². The molecule has 168 valence electrons. The van der Waals surface area contributed by atoms with Gasteiger partial charge in [0.25, 0.3) is 0 Å². The van der Waals surface area contributed by atoms with Gasteiger partial charge in [-0.1, -0.05) is 25.1 Å². The van der Waals surface area contributed by atoms with Crippen LogP contribution >= 0.6 is 0 Å². The van der Waals surface area contributed by atoms with E-state index in [-0.39, 0.29) is 30.8 Å². The van der Waals surface area contributed by atoms with Crippen molar-refractivity contribution in [3.8, 4) is 0 Å². The third-order valence-electron chi connectivity index (χ3n) is 6.26. The van der Waals surface area contributed by atoms with Gasteiger partial charge in [-0.05, 0) is 44.4 Å². The molecular weight excluding hydrogens is 407 g/mol. The lowest BCUT2D eigenvalue weighted by Gasteiger charge is -2.32. The Labute approximate surface area is 179 Å². The number of rotatable bonds is 5. The minimum Gasteiger partial charge on any atom is -0.367 e. The zero-order chi connectivity index (χ0) is 22.2. The fourth-order valence-electron chi connectivity index (χ4n) is 4.46. The number of likely N-dealkylation sites (tertiary alicyclic amines) is 1. The van der Waals surface area contributed by atoms with Crippen molar-refractivity contribution in [2.75, 3.05) is 30.3 Å². The number of hydrogen-bond donors (Lipinski definition) is 2. The number of aromatic nitrogens is 2. The molecule has 0 unspecified atom stereocenters. The summed E-state index contributed by atoms with van der Waals surface area (Å²) in [5, 5.41) is 10.5. The van der Waals surface area contributed by atoms with Crippen molar-refractivity contribution in [2.45, 2.75) is 57.3 Å². The Hall–Kier alpha value is -2.55. The molecule has 9 heteroatoms. The molecule has 1 fully saturated rings. The third kappa shape index (κ3) is 4.71. The van der Waals surface area contributed by atoms with Gasteiger partial charge in [0, 0.05) is 30.3 Å². The van der Waals surface area contributed by atoms with Crippen molar-refractivity contribution in [3.05, 3.63) is 41.6 Å². The van der Waals surface area contributed by atoms with Crippen LogP contribution < -0.4 is 10.6 Å². The Bertz CT molecular complexity index is 941. The van der Waals surface area contributed by atoms with E-state index >= 15 is 0 Å². The minimum atomic E-state index is -4.33. The highest BCUT2D eigenvalue weighted by molar-refractivity contribution is 5.92. The van der Waals surface area contributed by atoms with Gasteiger partial charge in [0.2, 0.25) is 5.91 Å². The Morgan fingerprint density at radius 2 is 2.10 bits per heavy atom. The fourth-order valence-corrected chi connectivity index (χ4v) is 4.46. The quantitative estimate of drug-likeness (QED) is 0.735. The number of anilines is 2. The van der Waals surface area contributed by atoms with E-state index in [4.69, 9.17) is 0 Å². The van der Waals surface area contributed by atoms with Gasteiger partial charge in [-0.15, -0.1) is 0 Å². The first-order valence-corrected chi connectivity index (χ1v) is 10.7. The van der Waals surface area contributed by atoms with Gasteiger partial charge < -0.3 is 10.6 Å². The molecule has 31 heavy (non-hydrogen) atoms. The van der Waals surface area contributed by atoms with Crippen molar-refractivity contribution in [1.29, 1.82) is 0 Å². The lowest BCUT2D eigenvalue weighted by Crippen LogP contribution is -2.38. The minimum absolute atomic E-state index is 0.00993. The molecule has 2 aliphatic heterocycles. The monoisotopic (exact) mass is 435 g/mol. The molecule has 3 atom stereocenters. The Morgan fingerprint density at radius 3 is 2.81 bits per heavy atom. The van der Waals surface area contributed by atoms with Gasteiger partial charge in [0.15, 0.2) is 6.04 Å². The predicted molar refractivity (Wildman–Crippen MR) is 113 cm³/mol. The molecule has 3 heterocycles. The summed E-state index contributed by atoms with van der Waals surface area (Å²) < 4.78 is 41.9. The summed E-state index contributed by atoms with van der Waals surface area (Å²) in [5.74, 6) is 0.356. The molecule has 0 spiro atoms. The van der Waals surface area contributed by atoms with E-state index in [2.05, 4.69) is 15.7 Å². The van der Waals surface area contributed by atoms with E-state index in [9.17, 15) is 18.0 Å². The first-order valence-electron chi connectivity index (χ1n) is 10.7. The topological polar surface area (TPSA) is 62.2 Å². The lowest BCUT2D eigenvalue weighted by atomic mass is 10.0. The molecule has 2 aliphatic rings. The van der Waals surface area contributed by atoms with Crippen molar-refractivity contribution in [1.82, 2.24) is 14.7 Å². The first kappa shape index (κ1) is 21.7. The van der Waals surface area contributed by atoms with Crippen molar-refractivity contribution >= 4 is 17.4 Å². The van der Waals surface area contributed by atoms with Gasteiger partial charge in [-0.3, -0.25) is 9.69 Å². The standard InChI is InChI=1S/C22H28F3N5O/c1-3-16-10-19(22(23,24)25)30-20(26-16)11-18(28-30)15-8-9-29(12-15)13-21(31)27-17-7-5-4-6-14(17)2/h4-7,11,15-16,19,26H,3,8-10,12-13H2,1-2H3,(H,27,31)/t15-,16+,19+/m0/s1. The molecule has 0 aliphatic carbocycles. The van der Waals surface area contributed by atoms with E-state index in [0.29, 0.717) is 31.0 Å². The van der Waals surface area contributed by atoms with Crippen LogP contribution in [-0.2, 0) is 4.79 Å². The molecule has 1 aromatic heterocycles. The molecule has 1 saturated heterocycles. The molecule has 0 saturated carbocycles. The van der Waals surface area contributed by atoms with Gasteiger partial charge >= 0.3 is 6.18 Å². The number of carbonyl (C=O) groups is 1. The number of para-hydroxylation sites is 1. The van der Waals surface area contributed by atoms with Crippen LogP contribution in [0.2, 0.25) is 0 Å². The number of carbonyl (C=O) groups excluding carboxylic acids is 1. The van der Waals surface area contributed by atoms with Crippen LogP contribution in [0.1, 0.15) is 49.4 Å². The van der Waals surface area contributed by atoms with Crippen LogP contribution in [0.25, 0.3) is 0 Å². The van der Waals surface area contributed by atoms with E-state index < -0.39 is 12.2 Å². The number of nitrogens with one attached hydrogen (secondary N) is 2. The number of alkyl halides is 3. The maximum Gasteiger partial charge on any atom is 0.410 e. The maximum atomic E-state index is 13.6. The molecule has 0 radical (unpaired) electrons. The summed E-state index contributed by atoms with van der Waals surface area (Å²) in [4.78, 5) is 14.5. The summed E-state index contributed by atoms with van der Waals surface area (Å²) >= 11 is 0. The molecule has 6 nitrogen and oxygen atoms in total. The highest BCUT2D eigenvalue weighted by atomic mass is 19.4. The van der Waals surface area contributed by atoms with Crippen molar-refractivity contribution in [3.63, 3.8) is 0 Å². The lowest BCUT2D eigenvalue weighted by molar-refractivity contribution is -0.173. The Balaban J connectivity index is 1.41. The van der Waals surface area contributed by atoms with Crippen LogP contribution in [0, 0.1) is 6.92 Å². The van der Waals surface area contributed by atoms with Crippen LogP contribution in [0.5, 0.6) is 0 Å². The van der Waals surface area contributed by atoms with Crippen LogP contribution in [0.4, 0.5) is 24.7 Å². The second-order valence-corrected chi connectivity index (χ2v) is 8.53. The van der Waals surface area contributed by atoms with Gasteiger partial charge in [0.05, 0.1) is 12.2 Å². The third-order valence-corrected chi connectivity index (χ3v) is 6.26. The number of hydrogen-bond acceptors (Lipinski definition) is 4. The summed E-state index contributed by atoms with van der Waals surface area (Å²) in [6, 6.07) is 7.54. The Morgan fingerprint density at radius 1 is 1.32 bits per heavy atom. The molecule has 2 N–H and O–H groups in total. The molecule has 0 bridgehead atoms. The van der Waals surface area contributed by atoms with E-state index in [1.165, 1.54) is 0 Å². The largest absolute Gasteiger partial charge is 0.410 e. The summed E-state index contributed by atoms with van der Waals surface area (Å²) in [7, 11) is 0. The number of benzene rings is 1.